The molecule has 0 atom stereocenters. The van der Waals surface area contributed by atoms with Crippen LogP contribution < -0.4 is 0 Å². The Balaban J connectivity index is 2.63. The molecule has 9 heavy (non-hydrogen) atoms. The lowest BCUT2D eigenvalue weighted by molar-refractivity contribution is 1.55. The number of benzene rings is 1. The predicted molar refractivity (Wildman–Crippen MR) is 38.9 cm³/mol. The predicted octanol–water partition coefficient (Wildman–Crippen LogP) is 2.27. The average Bonchev–Trinajstić information content (AvgIpc) is 2.33. The molecule has 0 heteroatoms. The molecular weight excluding hydrogens is 108 g/mol. The zero-order valence-corrected chi connectivity index (χ0v) is 5.04. The fourth-order valence-electron chi connectivity index (χ4n) is 1.07. The van der Waals surface area contributed by atoms with Crippen molar-refractivity contribution < 1.29 is 0 Å². The quantitative estimate of drug-likeness (QED) is 0.455. The first-order chi connectivity index (χ1) is 4.47. The molecule has 0 bridgehead atoms. The van der Waals surface area contributed by atoms with Gasteiger partial charge >= 0.3 is 0 Å². The normalized spacial score (nSPS) is 12.9. The van der Waals surface area contributed by atoms with Crippen LogP contribution in [0.3, 0.4) is 0 Å². The zero-order chi connectivity index (χ0) is 6.10. The van der Waals surface area contributed by atoms with E-state index in [0.717, 1.165) is 0 Å². The molecule has 1 aliphatic rings. The van der Waals surface area contributed by atoms with Crippen molar-refractivity contribution in [2.45, 2.75) is 0 Å². The molecule has 42 valence electrons. The average molecular weight is 115 g/mol. The minimum Gasteiger partial charge on any atom is -0.0410 e. The minimum atomic E-state index is 1.33. The van der Waals surface area contributed by atoms with Crippen molar-refractivity contribution in [3.63, 3.8) is 0 Å². The summed E-state index contributed by atoms with van der Waals surface area (Å²) in [5.41, 5.74) is 2.66. The van der Waals surface area contributed by atoms with E-state index in [2.05, 4.69) is 42.8 Å². The van der Waals surface area contributed by atoms with E-state index in [1.165, 1.54) is 11.1 Å². The van der Waals surface area contributed by atoms with Gasteiger partial charge in [0.2, 0.25) is 0 Å². The smallest absolute Gasteiger partial charge is 0.0410 e. The van der Waals surface area contributed by atoms with E-state index in [-0.39, 0.29) is 0 Å². The Hall–Kier alpha value is -1.17. The fraction of sp³-hybridized carbons (Fsp3) is 0. The molecule has 0 aromatic heterocycles. The van der Waals surface area contributed by atoms with Crippen molar-refractivity contribution in [1.82, 2.24) is 0 Å². The Morgan fingerprint density at radius 3 is 2.89 bits per heavy atom. The molecule has 0 radical (unpaired) electrons. The van der Waals surface area contributed by atoms with Gasteiger partial charge in [-0.1, -0.05) is 0 Å². The topological polar surface area (TPSA) is 0 Å². The first-order valence-electron chi connectivity index (χ1n) is 3.07. The van der Waals surface area contributed by atoms with Crippen LogP contribution in [0.2, 0.25) is 0 Å². The van der Waals surface area contributed by atoms with Gasteiger partial charge in [0.15, 0.2) is 0 Å². The van der Waals surface area contributed by atoms with Crippen molar-refractivity contribution in [2.75, 3.05) is 0 Å². The van der Waals surface area contributed by atoms with Crippen LogP contribution in [0.4, 0.5) is 0 Å². The van der Waals surface area contributed by atoms with Gasteiger partial charge in [0.1, 0.15) is 5.56 Å². The van der Waals surface area contributed by atoms with Crippen LogP contribution in [0.1, 0.15) is 11.1 Å². The minimum absolute atomic E-state index is 1.33. The first-order valence-corrected chi connectivity index (χ1v) is 3.07. The van der Waals surface area contributed by atoms with Crippen LogP contribution in [-0.4, -0.2) is 0 Å². The highest BCUT2D eigenvalue weighted by atomic mass is 14.0. The van der Waals surface area contributed by atoms with Gasteiger partial charge in [-0.15, -0.1) is 0 Å². The Morgan fingerprint density at radius 2 is 2.00 bits per heavy atom. The molecule has 0 heterocycles. The Morgan fingerprint density at radius 1 is 1.11 bits per heavy atom. The summed E-state index contributed by atoms with van der Waals surface area (Å²) in [6, 6.07) is 8.36. The highest BCUT2D eigenvalue weighted by Crippen LogP contribution is 2.19. The second-order valence-electron chi connectivity index (χ2n) is 2.15. The van der Waals surface area contributed by atoms with Gasteiger partial charge in [-0.3, -0.25) is 0 Å². The highest BCUT2D eigenvalue weighted by Gasteiger charge is 2.10. The summed E-state index contributed by atoms with van der Waals surface area (Å²) in [5, 5.41) is 0. The second-order valence-corrected chi connectivity index (χ2v) is 2.15. The number of fused-ring (bicyclic) bond motifs is 1. The molecule has 0 saturated heterocycles. The second kappa shape index (κ2) is 1.66. The summed E-state index contributed by atoms with van der Waals surface area (Å²) >= 11 is 0. The van der Waals surface area contributed by atoms with Gasteiger partial charge in [-0.25, -0.2) is 0 Å². The summed E-state index contributed by atoms with van der Waals surface area (Å²) in [6.45, 7) is 0. The van der Waals surface area contributed by atoms with E-state index >= 15 is 0 Å². The van der Waals surface area contributed by atoms with Gasteiger partial charge in [0.05, 0.1) is 11.6 Å². The number of allylic oxidation sites excluding steroid dienone is 1. The van der Waals surface area contributed by atoms with Crippen molar-refractivity contribution in [3.05, 3.63) is 47.9 Å². The Kier molecular flexibility index (Phi) is 0.863. The number of hydrogen-bond acceptors (Lipinski definition) is 0. The molecule has 0 unspecified atom stereocenters. The maximum Gasteiger partial charge on any atom is 0.113 e. The van der Waals surface area contributed by atoms with E-state index in [4.69, 9.17) is 0 Å². The standard InChI is InChI=1S/C9H7/c1-2-5-9-7-3-6-8(9)4-1/h1-7H/q+1. The van der Waals surface area contributed by atoms with Crippen LogP contribution in [-0.2, 0) is 0 Å². The summed E-state index contributed by atoms with van der Waals surface area (Å²) in [7, 11) is 0. The van der Waals surface area contributed by atoms with E-state index in [9.17, 15) is 0 Å². The molecule has 0 aliphatic heterocycles. The van der Waals surface area contributed by atoms with E-state index in [1.54, 1.807) is 0 Å². The monoisotopic (exact) mass is 115 g/mol. The molecule has 1 aromatic rings. The van der Waals surface area contributed by atoms with Gasteiger partial charge in [-0.2, -0.15) is 0 Å². The van der Waals surface area contributed by atoms with E-state index in [0.29, 0.717) is 0 Å². The molecule has 2 rings (SSSR count). The molecule has 0 fully saturated rings. The Bertz CT molecular complexity index is 246. The first kappa shape index (κ1) is 4.68. The van der Waals surface area contributed by atoms with Crippen molar-refractivity contribution in [3.8, 4) is 0 Å². The lowest BCUT2D eigenvalue weighted by atomic mass is 10.1. The van der Waals surface area contributed by atoms with Gasteiger partial charge in [-0.05, 0) is 18.2 Å². The third-order valence-corrected chi connectivity index (χ3v) is 1.55. The van der Waals surface area contributed by atoms with Gasteiger partial charge < -0.3 is 0 Å². The lowest BCUT2D eigenvalue weighted by Crippen LogP contribution is -1.74. The largest absolute Gasteiger partial charge is 0.113 e. The van der Waals surface area contributed by atoms with Crippen LogP contribution in [0.25, 0.3) is 6.08 Å². The molecule has 0 spiro atoms. The molecule has 0 saturated carbocycles. The van der Waals surface area contributed by atoms with Crippen molar-refractivity contribution in [2.24, 2.45) is 0 Å². The van der Waals surface area contributed by atoms with E-state index < -0.39 is 0 Å². The van der Waals surface area contributed by atoms with Crippen LogP contribution in [0.15, 0.2) is 30.3 Å². The summed E-state index contributed by atoms with van der Waals surface area (Å²) in [5.74, 6) is 0. The van der Waals surface area contributed by atoms with E-state index in [1.807, 2.05) is 0 Å². The maximum absolute atomic E-state index is 2.12. The molecule has 0 nitrogen and oxygen atoms in total. The fourth-order valence-corrected chi connectivity index (χ4v) is 1.07. The molecule has 1 aliphatic carbocycles. The number of hydrogen-bond donors (Lipinski definition) is 0. The van der Waals surface area contributed by atoms with Crippen LogP contribution in [0.5, 0.6) is 0 Å². The SMILES string of the molecule is C1=Cc2ccccc2[CH+]1. The lowest BCUT2D eigenvalue weighted by Gasteiger charge is -1.83. The zero-order valence-electron chi connectivity index (χ0n) is 5.04. The number of rotatable bonds is 0. The Labute approximate surface area is 54.8 Å². The maximum atomic E-state index is 2.12. The van der Waals surface area contributed by atoms with Crippen LogP contribution in [0, 0.1) is 6.42 Å². The molecular formula is C9H7+. The summed E-state index contributed by atoms with van der Waals surface area (Å²) in [6.07, 6.45) is 6.31. The highest BCUT2D eigenvalue weighted by molar-refractivity contribution is 5.64. The van der Waals surface area contributed by atoms with Gasteiger partial charge in [0.25, 0.3) is 0 Å². The van der Waals surface area contributed by atoms with Gasteiger partial charge in [0, 0.05) is 18.6 Å². The molecule has 1 aromatic carbocycles. The summed E-state index contributed by atoms with van der Waals surface area (Å²) in [4.78, 5) is 0. The summed E-state index contributed by atoms with van der Waals surface area (Å²) < 4.78 is 0. The van der Waals surface area contributed by atoms with Crippen molar-refractivity contribution in [1.29, 1.82) is 0 Å². The van der Waals surface area contributed by atoms with Crippen LogP contribution >= 0.6 is 0 Å². The third kappa shape index (κ3) is 0.636. The molecule has 0 N–H and O–H groups in total. The molecule has 0 amide bonds. The third-order valence-electron chi connectivity index (χ3n) is 1.55. The van der Waals surface area contributed by atoms with Crippen molar-refractivity contribution >= 4 is 6.08 Å².